The SMILES string of the molecule is COCCOC(=O)C(F)(C(F)(F)F)C(F)(F)N1C(F)(F)C(F)(F)C(F)(F)C(F)(F)C1(F)F. The summed E-state index contributed by atoms with van der Waals surface area (Å²) in [6.07, 6.45) is -7.59. The Bertz CT molecular complexity index is 704. The Hall–Kier alpha value is -1.73. The van der Waals surface area contributed by atoms with E-state index in [0.717, 1.165) is 7.11 Å². The number of likely N-dealkylation sites (tertiary alicyclic amines) is 1. The number of hydrogen-bond acceptors (Lipinski definition) is 4. The van der Waals surface area contributed by atoms with Crippen molar-refractivity contribution in [2.24, 2.45) is 0 Å². The summed E-state index contributed by atoms with van der Waals surface area (Å²) in [5.41, 5.74) is -7.47. The van der Waals surface area contributed by atoms with Crippen LogP contribution in [0.2, 0.25) is 0 Å². The van der Waals surface area contributed by atoms with Gasteiger partial charge in [0.25, 0.3) is 0 Å². The van der Waals surface area contributed by atoms with Crippen LogP contribution in [0.3, 0.4) is 0 Å². The molecule has 0 bridgehead atoms. The van der Waals surface area contributed by atoms with Gasteiger partial charge in [-0.2, -0.15) is 65.9 Å². The lowest BCUT2D eigenvalue weighted by molar-refractivity contribution is -0.546. The molecular weight excluding hydrogens is 510 g/mol. The highest BCUT2D eigenvalue weighted by Crippen LogP contribution is 2.68. The Labute approximate surface area is 165 Å². The van der Waals surface area contributed by atoms with E-state index >= 15 is 0 Å². The molecular formula is C12H7F16NO3. The van der Waals surface area contributed by atoms with Crippen LogP contribution < -0.4 is 0 Å². The van der Waals surface area contributed by atoms with Crippen LogP contribution in [0.15, 0.2) is 0 Å². The lowest BCUT2D eigenvalue weighted by atomic mass is 9.90. The first kappa shape index (κ1) is 28.3. The van der Waals surface area contributed by atoms with Crippen LogP contribution in [0.4, 0.5) is 70.2 Å². The van der Waals surface area contributed by atoms with E-state index in [2.05, 4.69) is 9.47 Å². The molecule has 0 amide bonds. The van der Waals surface area contributed by atoms with Crippen LogP contribution in [0.25, 0.3) is 0 Å². The average molecular weight is 517 g/mol. The molecule has 20 heteroatoms. The number of hydrogen-bond donors (Lipinski definition) is 0. The number of rotatable bonds is 6. The van der Waals surface area contributed by atoms with Gasteiger partial charge in [0.1, 0.15) is 6.61 Å². The van der Waals surface area contributed by atoms with Crippen molar-refractivity contribution in [2.75, 3.05) is 20.3 Å². The van der Waals surface area contributed by atoms with Crippen LogP contribution in [-0.2, 0) is 14.3 Å². The van der Waals surface area contributed by atoms with E-state index in [1.807, 2.05) is 0 Å². The molecule has 0 saturated carbocycles. The molecule has 1 heterocycles. The minimum absolute atomic E-state index is 0.730. The van der Waals surface area contributed by atoms with Gasteiger partial charge in [-0.3, -0.25) is 0 Å². The second-order valence-electron chi connectivity index (χ2n) is 5.97. The van der Waals surface area contributed by atoms with Crippen LogP contribution in [0, 0.1) is 0 Å². The molecule has 0 aromatic rings. The summed E-state index contributed by atoms with van der Waals surface area (Å²) in [6, 6.07) is -24.1. The zero-order valence-corrected chi connectivity index (χ0v) is 14.6. The number of alkyl halides is 16. The predicted octanol–water partition coefficient (Wildman–Crippen LogP) is 4.45. The molecule has 1 rings (SSSR count). The predicted molar refractivity (Wildman–Crippen MR) is 64.2 cm³/mol. The second kappa shape index (κ2) is 7.39. The Morgan fingerprint density at radius 2 is 1.09 bits per heavy atom. The summed E-state index contributed by atoms with van der Waals surface area (Å²) in [7, 11) is 0.730. The highest BCUT2D eigenvalue weighted by molar-refractivity contribution is 5.82. The van der Waals surface area contributed by atoms with E-state index in [9.17, 15) is 75.0 Å². The standard InChI is InChI=1S/C12H7F16NO3/c1-31-2-3-32-4(30)5(13,9(20,21)22)10(23,24)29-11(25,26)7(16,17)6(14,15)8(18,19)12(29,27)28/h2-3H2,1H3. The van der Waals surface area contributed by atoms with Gasteiger partial charge in [-0.25, -0.2) is 9.18 Å². The van der Waals surface area contributed by atoms with E-state index in [-0.39, 0.29) is 0 Å². The van der Waals surface area contributed by atoms with Gasteiger partial charge in [-0.05, 0) is 0 Å². The summed E-state index contributed by atoms with van der Waals surface area (Å²) in [6.45, 7) is -2.60. The molecule has 1 atom stereocenters. The monoisotopic (exact) mass is 517 g/mol. The highest BCUT2D eigenvalue weighted by atomic mass is 19.4. The van der Waals surface area contributed by atoms with E-state index in [1.165, 1.54) is 0 Å². The van der Waals surface area contributed by atoms with Crippen molar-refractivity contribution in [2.45, 2.75) is 47.8 Å². The third kappa shape index (κ3) is 3.18. The first-order valence-electron chi connectivity index (χ1n) is 7.34. The summed E-state index contributed by atoms with van der Waals surface area (Å²) in [4.78, 5) is 6.85. The smallest absolute Gasteiger partial charge is 0.441 e. The summed E-state index contributed by atoms with van der Waals surface area (Å²) < 4.78 is 223. The van der Waals surface area contributed by atoms with Crippen LogP contribution in [0.1, 0.15) is 0 Å². The van der Waals surface area contributed by atoms with Gasteiger partial charge in [-0.1, -0.05) is 0 Å². The van der Waals surface area contributed by atoms with Gasteiger partial charge in [0.15, 0.2) is 0 Å². The molecule has 1 fully saturated rings. The molecule has 4 nitrogen and oxygen atoms in total. The number of ether oxygens (including phenoxy) is 2. The number of esters is 1. The largest absolute Gasteiger partial charge is 0.460 e. The highest BCUT2D eigenvalue weighted by Gasteiger charge is 3.00. The van der Waals surface area contributed by atoms with Crippen molar-refractivity contribution in [3.63, 3.8) is 0 Å². The van der Waals surface area contributed by atoms with E-state index in [0.29, 0.717) is 0 Å². The molecule has 0 aromatic carbocycles. The van der Waals surface area contributed by atoms with E-state index in [1.54, 1.807) is 0 Å². The fraction of sp³-hybridized carbons (Fsp3) is 0.917. The van der Waals surface area contributed by atoms with Crippen LogP contribution in [-0.4, -0.2) is 78.9 Å². The zero-order chi connectivity index (χ0) is 26.0. The Morgan fingerprint density at radius 1 is 0.719 bits per heavy atom. The van der Waals surface area contributed by atoms with Crippen LogP contribution in [0.5, 0.6) is 0 Å². The van der Waals surface area contributed by atoms with Crippen LogP contribution >= 0.6 is 0 Å². The maximum absolute atomic E-state index is 14.3. The first-order valence-corrected chi connectivity index (χ1v) is 7.34. The summed E-state index contributed by atoms with van der Waals surface area (Å²) >= 11 is 0. The minimum Gasteiger partial charge on any atom is -0.460 e. The van der Waals surface area contributed by atoms with Crippen molar-refractivity contribution in [3.05, 3.63) is 0 Å². The molecule has 0 N–H and O–H groups in total. The maximum Gasteiger partial charge on any atom is 0.441 e. The van der Waals surface area contributed by atoms with Crippen molar-refractivity contribution >= 4 is 5.97 Å². The average Bonchev–Trinajstić information content (AvgIpc) is 2.57. The second-order valence-corrected chi connectivity index (χ2v) is 5.97. The third-order valence-electron chi connectivity index (χ3n) is 3.99. The fourth-order valence-electron chi connectivity index (χ4n) is 2.27. The molecule has 32 heavy (non-hydrogen) atoms. The Kier molecular flexibility index (Phi) is 6.53. The minimum atomic E-state index is -8.09. The molecule has 0 aromatic heterocycles. The van der Waals surface area contributed by atoms with Crippen molar-refractivity contribution in [3.8, 4) is 0 Å². The van der Waals surface area contributed by atoms with Crippen molar-refractivity contribution in [1.29, 1.82) is 0 Å². The van der Waals surface area contributed by atoms with Crippen molar-refractivity contribution < 1.29 is 84.5 Å². The topological polar surface area (TPSA) is 38.8 Å². The molecule has 1 aliphatic heterocycles. The normalized spacial score (nSPS) is 26.3. The number of nitrogens with zero attached hydrogens (tertiary/aromatic N) is 1. The van der Waals surface area contributed by atoms with Gasteiger partial charge in [0.05, 0.1) is 6.61 Å². The third-order valence-corrected chi connectivity index (χ3v) is 3.99. The molecule has 190 valence electrons. The van der Waals surface area contributed by atoms with E-state index < -0.39 is 71.8 Å². The van der Waals surface area contributed by atoms with Gasteiger partial charge in [0.2, 0.25) is 0 Å². The quantitative estimate of drug-likeness (QED) is 0.226. The van der Waals surface area contributed by atoms with Gasteiger partial charge < -0.3 is 9.47 Å². The molecule has 1 saturated heterocycles. The van der Waals surface area contributed by atoms with Gasteiger partial charge in [-0.15, -0.1) is 4.90 Å². The summed E-state index contributed by atoms with van der Waals surface area (Å²) in [5.74, 6) is -27.8. The fourth-order valence-corrected chi connectivity index (χ4v) is 2.27. The molecule has 0 radical (unpaired) electrons. The first-order chi connectivity index (χ1) is 13.8. The molecule has 1 aliphatic rings. The number of methoxy groups -OCH3 is 1. The number of halogens is 16. The molecule has 1 unspecified atom stereocenters. The molecule has 0 aliphatic carbocycles. The maximum atomic E-state index is 14.3. The van der Waals surface area contributed by atoms with Gasteiger partial charge in [0, 0.05) is 7.11 Å². The Balaban J connectivity index is 3.91. The number of carbonyl (C=O) groups excluding carboxylic acids is 1. The number of piperidine rings is 1. The lowest BCUT2D eigenvalue weighted by Crippen LogP contribution is -2.87. The van der Waals surface area contributed by atoms with Gasteiger partial charge >= 0.3 is 53.7 Å². The Morgan fingerprint density at radius 3 is 1.41 bits per heavy atom. The lowest BCUT2D eigenvalue weighted by Gasteiger charge is -2.54. The summed E-state index contributed by atoms with van der Waals surface area (Å²) in [5, 5.41) is 0. The zero-order valence-electron chi connectivity index (χ0n) is 14.6. The van der Waals surface area contributed by atoms with E-state index in [4.69, 9.17) is 0 Å². The molecule has 0 spiro atoms. The van der Waals surface area contributed by atoms with Crippen molar-refractivity contribution in [1.82, 2.24) is 4.90 Å². The number of carbonyl (C=O) groups is 1.